The van der Waals surface area contributed by atoms with Gasteiger partial charge in [0.1, 0.15) is 18.2 Å². The van der Waals surface area contributed by atoms with Crippen LogP contribution >= 0.6 is 23.2 Å². The quantitative estimate of drug-likeness (QED) is 0.890. The van der Waals surface area contributed by atoms with Crippen molar-refractivity contribution in [2.45, 2.75) is 19.0 Å². The topological polar surface area (TPSA) is 84.0 Å². The Morgan fingerprint density at radius 1 is 1.22 bits per heavy atom. The summed E-state index contributed by atoms with van der Waals surface area (Å²) in [4.78, 5) is 31.5. The standard InChI is InChI=1S/C15H12Cl2N4O2/c16-9-2-1-8(5-10(9)17)11-6-12(19-7-18-11)15(23)21-13-3-4-14(22)20-13/h1-2,5-7,13H,3-4H2,(H,20,22)(H,21,23). The zero-order valence-electron chi connectivity index (χ0n) is 11.8. The van der Waals surface area contributed by atoms with E-state index in [4.69, 9.17) is 23.2 Å². The molecule has 0 saturated carbocycles. The van der Waals surface area contributed by atoms with Gasteiger partial charge in [0.05, 0.1) is 15.7 Å². The minimum Gasteiger partial charge on any atom is -0.336 e. The Balaban J connectivity index is 1.80. The SMILES string of the molecule is O=C1CCC(NC(=O)c2cc(-c3ccc(Cl)c(Cl)c3)ncn2)N1. The Morgan fingerprint density at radius 2 is 2.04 bits per heavy atom. The van der Waals surface area contributed by atoms with E-state index in [-0.39, 0.29) is 23.7 Å². The molecule has 23 heavy (non-hydrogen) atoms. The van der Waals surface area contributed by atoms with Crippen LogP contribution in [0.15, 0.2) is 30.6 Å². The van der Waals surface area contributed by atoms with Crippen LogP contribution in [0.25, 0.3) is 11.3 Å². The third kappa shape index (κ3) is 3.60. The maximum Gasteiger partial charge on any atom is 0.271 e. The van der Waals surface area contributed by atoms with Crippen LogP contribution in [0.1, 0.15) is 23.3 Å². The first-order valence-electron chi connectivity index (χ1n) is 6.90. The number of carbonyl (C=O) groups excluding carboxylic acids is 2. The van der Waals surface area contributed by atoms with Gasteiger partial charge in [0.25, 0.3) is 5.91 Å². The van der Waals surface area contributed by atoms with E-state index < -0.39 is 0 Å². The second-order valence-electron chi connectivity index (χ2n) is 5.05. The van der Waals surface area contributed by atoms with Gasteiger partial charge in [-0.25, -0.2) is 9.97 Å². The van der Waals surface area contributed by atoms with Crippen molar-refractivity contribution in [2.75, 3.05) is 0 Å². The van der Waals surface area contributed by atoms with E-state index in [9.17, 15) is 9.59 Å². The molecule has 1 aromatic carbocycles. The lowest BCUT2D eigenvalue weighted by Gasteiger charge is -2.12. The Morgan fingerprint density at radius 3 is 2.74 bits per heavy atom. The van der Waals surface area contributed by atoms with Crippen molar-refractivity contribution < 1.29 is 9.59 Å². The molecule has 0 bridgehead atoms. The van der Waals surface area contributed by atoms with Crippen LogP contribution in [0, 0.1) is 0 Å². The van der Waals surface area contributed by atoms with Gasteiger partial charge < -0.3 is 10.6 Å². The average Bonchev–Trinajstić information content (AvgIpc) is 2.95. The average molecular weight is 351 g/mol. The van der Waals surface area contributed by atoms with Crippen molar-refractivity contribution in [1.82, 2.24) is 20.6 Å². The lowest BCUT2D eigenvalue weighted by molar-refractivity contribution is -0.119. The summed E-state index contributed by atoms with van der Waals surface area (Å²) in [7, 11) is 0. The van der Waals surface area contributed by atoms with Gasteiger partial charge in [0, 0.05) is 12.0 Å². The Hall–Kier alpha value is -2.18. The highest BCUT2D eigenvalue weighted by Crippen LogP contribution is 2.27. The Labute approximate surface area is 142 Å². The summed E-state index contributed by atoms with van der Waals surface area (Å²) in [5.41, 5.74) is 1.49. The van der Waals surface area contributed by atoms with Crippen molar-refractivity contribution in [3.8, 4) is 11.3 Å². The zero-order valence-corrected chi connectivity index (χ0v) is 13.4. The summed E-state index contributed by atoms with van der Waals surface area (Å²) in [6.45, 7) is 0. The van der Waals surface area contributed by atoms with Crippen LogP contribution in [-0.2, 0) is 4.79 Å². The molecule has 1 saturated heterocycles. The first-order valence-corrected chi connectivity index (χ1v) is 7.66. The molecule has 1 fully saturated rings. The fourth-order valence-electron chi connectivity index (χ4n) is 2.25. The van der Waals surface area contributed by atoms with Gasteiger partial charge in [-0.2, -0.15) is 0 Å². The summed E-state index contributed by atoms with van der Waals surface area (Å²) in [5.74, 6) is -0.449. The smallest absolute Gasteiger partial charge is 0.271 e. The number of aromatic nitrogens is 2. The molecule has 1 aromatic heterocycles. The fraction of sp³-hybridized carbons (Fsp3) is 0.200. The normalized spacial score (nSPS) is 17.0. The molecule has 2 heterocycles. The molecule has 2 N–H and O–H groups in total. The molecule has 2 aromatic rings. The van der Waals surface area contributed by atoms with Crippen LogP contribution in [0.5, 0.6) is 0 Å². The van der Waals surface area contributed by atoms with Gasteiger partial charge in [0.2, 0.25) is 5.91 Å². The Kier molecular flexibility index (Phi) is 4.45. The van der Waals surface area contributed by atoms with E-state index in [1.807, 2.05) is 0 Å². The molecular weight excluding hydrogens is 339 g/mol. The molecule has 0 aliphatic carbocycles. The molecule has 1 unspecified atom stereocenters. The molecule has 1 aliphatic rings. The number of amides is 2. The maximum atomic E-state index is 12.2. The predicted octanol–water partition coefficient (Wildman–Crippen LogP) is 2.42. The molecule has 6 nitrogen and oxygen atoms in total. The van der Waals surface area contributed by atoms with Gasteiger partial charge in [-0.3, -0.25) is 9.59 Å². The molecule has 118 valence electrons. The monoisotopic (exact) mass is 350 g/mol. The third-order valence-electron chi connectivity index (χ3n) is 3.42. The predicted molar refractivity (Wildman–Crippen MR) is 86.1 cm³/mol. The molecule has 0 radical (unpaired) electrons. The summed E-state index contributed by atoms with van der Waals surface area (Å²) in [6.07, 6.45) is 1.91. The number of nitrogens with zero attached hydrogens (tertiary/aromatic N) is 2. The molecule has 1 atom stereocenters. The van der Waals surface area contributed by atoms with Crippen LogP contribution in [0.4, 0.5) is 0 Å². The lowest BCUT2D eigenvalue weighted by atomic mass is 10.1. The Bertz CT molecular complexity index is 782. The number of carbonyl (C=O) groups is 2. The highest BCUT2D eigenvalue weighted by atomic mass is 35.5. The molecule has 3 rings (SSSR count). The summed E-state index contributed by atoms with van der Waals surface area (Å²) >= 11 is 11.9. The van der Waals surface area contributed by atoms with Gasteiger partial charge >= 0.3 is 0 Å². The second-order valence-corrected chi connectivity index (χ2v) is 5.86. The third-order valence-corrected chi connectivity index (χ3v) is 4.15. The highest BCUT2D eigenvalue weighted by Gasteiger charge is 2.23. The molecule has 1 aliphatic heterocycles. The minimum atomic E-state index is -0.374. The lowest BCUT2D eigenvalue weighted by Crippen LogP contribution is -2.42. The number of nitrogens with one attached hydrogen (secondary N) is 2. The van der Waals surface area contributed by atoms with E-state index in [1.54, 1.807) is 24.3 Å². The van der Waals surface area contributed by atoms with E-state index >= 15 is 0 Å². The van der Waals surface area contributed by atoms with Crippen molar-refractivity contribution in [1.29, 1.82) is 0 Å². The van der Waals surface area contributed by atoms with Gasteiger partial charge in [0.15, 0.2) is 0 Å². The van der Waals surface area contributed by atoms with E-state index in [0.29, 0.717) is 28.6 Å². The second kappa shape index (κ2) is 6.52. The molecular formula is C15H12Cl2N4O2. The van der Waals surface area contributed by atoms with Gasteiger partial charge in [-0.15, -0.1) is 0 Å². The van der Waals surface area contributed by atoms with Crippen LogP contribution in [-0.4, -0.2) is 27.9 Å². The number of hydrogen-bond donors (Lipinski definition) is 2. The number of benzene rings is 1. The van der Waals surface area contributed by atoms with Crippen molar-refractivity contribution in [2.24, 2.45) is 0 Å². The van der Waals surface area contributed by atoms with Crippen molar-refractivity contribution in [3.63, 3.8) is 0 Å². The van der Waals surface area contributed by atoms with E-state index in [0.717, 1.165) is 5.56 Å². The summed E-state index contributed by atoms with van der Waals surface area (Å²) < 4.78 is 0. The minimum absolute atomic E-state index is 0.0746. The van der Waals surface area contributed by atoms with Crippen LogP contribution < -0.4 is 10.6 Å². The van der Waals surface area contributed by atoms with Crippen molar-refractivity contribution in [3.05, 3.63) is 46.3 Å². The first kappa shape index (κ1) is 15.7. The van der Waals surface area contributed by atoms with Crippen molar-refractivity contribution >= 4 is 35.0 Å². The highest BCUT2D eigenvalue weighted by molar-refractivity contribution is 6.42. The van der Waals surface area contributed by atoms with Crippen LogP contribution in [0.2, 0.25) is 10.0 Å². The molecule has 0 spiro atoms. The van der Waals surface area contributed by atoms with Gasteiger partial charge in [-0.05, 0) is 24.6 Å². The number of hydrogen-bond acceptors (Lipinski definition) is 4. The molecule has 8 heteroatoms. The number of rotatable bonds is 3. The fourth-order valence-corrected chi connectivity index (χ4v) is 2.55. The number of halogens is 2. The van der Waals surface area contributed by atoms with Crippen LogP contribution in [0.3, 0.4) is 0 Å². The maximum absolute atomic E-state index is 12.2. The largest absolute Gasteiger partial charge is 0.336 e. The van der Waals surface area contributed by atoms with E-state index in [1.165, 1.54) is 6.33 Å². The van der Waals surface area contributed by atoms with Gasteiger partial charge in [-0.1, -0.05) is 29.3 Å². The zero-order chi connectivity index (χ0) is 16.4. The molecule has 2 amide bonds. The first-order chi connectivity index (χ1) is 11.0. The summed E-state index contributed by atoms with van der Waals surface area (Å²) in [5, 5.41) is 6.23. The summed E-state index contributed by atoms with van der Waals surface area (Å²) in [6, 6.07) is 6.65. The van der Waals surface area contributed by atoms with E-state index in [2.05, 4.69) is 20.6 Å².